The molecule has 1 saturated heterocycles. The largest absolute Gasteiger partial charge is 0.507 e. The van der Waals surface area contributed by atoms with Crippen LogP contribution in [0.2, 0.25) is 0 Å². The molecule has 3 rings (SSSR count). The minimum absolute atomic E-state index is 0.0372. The number of hydrogen-bond acceptors (Lipinski definition) is 6. The lowest BCUT2D eigenvalue weighted by molar-refractivity contribution is 0.0677. The molecule has 7 heteroatoms. The number of hydrogen-bond donors (Lipinski definition) is 1. The van der Waals surface area contributed by atoms with E-state index in [1.807, 2.05) is 0 Å². The Morgan fingerprint density at radius 1 is 1.42 bits per heavy atom. The molecule has 0 amide bonds. The molecule has 1 atom stereocenters. The van der Waals surface area contributed by atoms with Crippen LogP contribution in [0, 0.1) is 5.82 Å². The van der Waals surface area contributed by atoms with Gasteiger partial charge in [-0.05, 0) is 12.1 Å². The van der Waals surface area contributed by atoms with Gasteiger partial charge >= 0.3 is 0 Å². The van der Waals surface area contributed by atoms with Gasteiger partial charge in [0.1, 0.15) is 23.2 Å². The molecule has 1 N–H and O–H groups in total. The number of rotatable bonds is 2. The number of thioether (sulfide) groups is 1. The van der Waals surface area contributed by atoms with Gasteiger partial charge in [0.05, 0.1) is 6.61 Å². The second-order valence-corrected chi connectivity index (χ2v) is 5.18. The molecule has 0 saturated carbocycles. The van der Waals surface area contributed by atoms with Gasteiger partial charge in [0, 0.05) is 11.5 Å². The fraction of sp³-hybridized carbons (Fsp3) is 0.333. The quantitative estimate of drug-likeness (QED) is 0.912. The van der Waals surface area contributed by atoms with Crippen molar-refractivity contribution < 1.29 is 18.8 Å². The smallest absolute Gasteiger partial charge is 0.264 e. The number of benzene rings is 1. The van der Waals surface area contributed by atoms with Crippen molar-refractivity contribution >= 4 is 11.8 Å². The van der Waals surface area contributed by atoms with Gasteiger partial charge in [-0.25, -0.2) is 4.39 Å². The van der Waals surface area contributed by atoms with E-state index in [1.54, 1.807) is 11.8 Å². The normalized spacial score (nSPS) is 19.5. The van der Waals surface area contributed by atoms with Crippen LogP contribution in [0.1, 0.15) is 11.9 Å². The summed E-state index contributed by atoms with van der Waals surface area (Å²) >= 11 is 1.74. The Kier molecular flexibility index (Phi) is 3.39. The molecule has 1 aliphatic rings. The number of aromatic nitrogens is 2. The van der Waals surface area contributed by atoms with Crippen molar-refractivity contribution in [3.63, 3.8) is 0 Å². The topological polar surface area (TPSA) is 68.4 Å². The van der Waals surface area contributed by atoms with E-state index < -0.39 is 5.82 Å². The van der Waals surface area contributed by atoms with E-state index in [9.17, 15) is 9.50 Å². The van der Waals surface area contributed by atoms with E-state index in [-0.39, 0.29) is 23.3 Å². The maximum absolute atomic E-state index is 13.7. The predicted molar refractivity (Wildman–Crippen MR) is 67.4 cm³/mol. The zero-order valence-corrected chi connectivity index (χ0v) is 10.7. The van der Waals surface area contributed by atoms with Gasteiger partial charge in [0.2, 0.25) is 5.82 Å². The van der Waals surface area contributed by atoms with Crippen molar-refractivity contribution in [2.75, 3.05) is 18.1 Å². The molecule has 19 heavy (non-hydrogen) atoms. The molecule has 0 aliphatic carbocycles. The Morgan fingerprint density at radius 2 is 2.32 bits per heavy atom. The Balaban J connectivity index is 1.92. The molecule has 1 aromatic carbocycles. The molecule has 100 valence electrons. The van der Waals surface area contributed by atoms with Gasteiger partial charge in [-0.2, -0.15) is 16.7 Å². The molecule has 2 heterocycles. The minimum Gasteiger partial charge on any atom is -0.507 e. The van der Waals surface area contributed by atoms with Crippen molar-refractivity contribution in [2.24, 2.45) is 0 Å². The minimum atomic E-state index is -0.603. The summed E-state index contributed by atoms with van der Waals surface area (Å²) in [5, 5.41) is 13.5. The zero-order valence-electron chi connectivity index (χ0n) is 9.88. The summed E-state index contributed by atoms with van der Waals surface area (Å²) < 4.78 is 24.2. The summed E-state index contributed by atoms with van der Waals surface area (Å²) in [4.78, 5) is 4.11. The van der Waals surface area contributed by atoms with Crippen molar-refractivity contribution in [1.82, 2.24) is 10.1 Å². The molecule has 0 radical (unpaired) electrons. The summed E-state index contributed by atoms with van der Waals surface area (Å²) in [5.74, 6) is 1.19. The van der Waals surface area contributed by atoms with Gasteiger partial charge in [0.15, 0.2) is 0 Å². The highest BCUT2D eigenvalue weighted by molar-refractivity contribution is 7.99. The van der Waals surface area contributed by atoms with Crippen LogP contribution in [-0.4, -0.2) is 33.4 Å². The van der Waals surface area contributed by atoms with Crippen LogP contribution in [0.4, 0.5) is 4.39 Å². The van der Waals surface area contributed by atoms with E-state index in [2.05, 4.69) is 10.1 Å². The molecule has 1 aliphatic heterocycles. The van der Waals surface area contributed by atoms with Gasteiger partial charge in [-0.15, -0.1) is 0 Å². The maximum atomic E-state index is 13.7. The maximum Gasteiger partial charge on any atom is 0.264 e. The number of ether oxygens (including phenoxy) is 1. The van der Waals surface area contributed by atoms with Crippen LogP contribution in [0.5, 0.6) is 5.75 Å². The summed E-state index contributed by atoms with van der Waals surface area (Å²) in [6.45, 7) is 0.629. The third-order valence-electron chi connectivity index (χ3n) is 2.75. The van der Waals surface area contributed by atoms with Gasteiger partial charge in [0.25, 0.3) is 5.89 Å². The Labute approximate surface area is 112 Å². The SMILES string of the molecule is Oc1cccc(F)c1-c1nc(C2CSCCO2)no1. The van der Waals surface area contributed by atoms with E-state index >= 15 is 0 Å². The van der Waals surface area contributed by atoms with E-state index in [4.69, 9.17) is 9.26 Å². The molecular formula is C12H11FN2O3S. The van der Waals surface area contributed by atoms with E-state index in [0.29, 0.717) is 12.4 Å². The molecule has 1 unspecified atom stereocenters. The van der Waals surface area contributed by atoms with Gasteiger partial charge in [-0.1, -0.05) is 11.2 Å². The Hall–Kier alpha value is -1.60. The Morgan fingerprint density at radius 3 is 3.05 bits per heavy atom. The van der Waals surface area contributed by atoms with Crippen LogP contribution in [0.15, 0.2) is 22.7 Å². The highest BCUT2D eigenvalue weighted by atomic mass is 32.2. The van der Waals surface area contributed by atoms with Crippen LogP contribution < -0.4 is 0 Å². The summed E-state index contributed by atoms with van der Waals surface area (Å²) in [5.41, 5.74) is -0.0790. The zero-order chi connectivity index (χ0) is 13.2. The molecule has 1 fully saturated rings. The van der Waals surface area contributed by atoms with E-state index in [0.717, 1.165) is 11.5 Å². The number of aromatic hydroxyl groups is 1. The van der Waals surface area contributed by atoms with Gasteiger partial charge in [-0.3, -0.25) is 0 Å². The first-order valence-corrected chi connectivity index (χ1v) is 6.92. The molecule has 0 bridgehead atoms. The highest BCUT2D eigenvalue weighted by Crippen LogP contribution is 2.32. The predicted octanol–water partition coefficient (Wildman–Crippen LogP) is 2.39. The molecular weight excluding hydrogens is 271 g/mol. The first-order chi connectivity index (χ1) is 9.25. The molecule has 2 aromatic rings. The second kappa shape index (κ2) is 5.18. The van der Waals surface area contributed by atoms with Crippen molar-refractivity contribution in [3.05, 3.63) is 29.8 Å². The molecule has 0 spiro atoms. The first kappa shape index (κ1) is 12.4. The van der Waals surface area contributed by atoms with Gasteiger partial charge < -0.3 is 14.4 Å². The van der Waals surface area contributed by atoms with Crippen molar-refractivity contribution in [1.29, 1.82) is 0 Å². The number of nitrogens with zero attached hydrogens (tertiary/aromatic N) is 2. The number of phenolic OH excluding ortho intramolecular Hbond substituents is 1. The second-order valence-electron chi connectivity index (χ2n) is 4.03. The average molecular weight is 282 g/mol. The lowest BCUT2D eigenvalue weighted by Gasteiger charge is -2.18. The lowest BCUT2D eigenvalue weighted by Crippen LogP contribution is -2.16. The number of halogens is 1. The summed E-state index contributed by atoms with van der Waals surface area (Å²) in [6.07, 6.45) is -0.245. The molecule has 5 nitrogen and oxygen atoms in total. The van der Waals surface area contributed by atoms with Crippen LogP contribution in [0.25, 0.3) is 11.5 Å². The third-order valence-corrected chi connectivity index (χ3v) is 3.74. The van der Waals surface area contributed by atoms with Crippen LogP contribution in [-0.2, 0) is 4.74 Å². The first-order valence-electron chi connectivity index (χ1n) is 5.76. The highest BCUT2D eigenvalue weighted by Gasteiger charge is 2.24. The summed E-state index contributed by atoms with van der Waals surface area (Å²) in [7, 11) is 0. The summed E-state index contributed by atoms with van der Waals surface area (Å²) in [6, 6.07) is 4.01. The fourth-order valence-corrected chi connectivity index (χ4v) is 2.67. The standard InChI is InChI=1S/C12H11FN2O3S/c13-7-2-1-3-8(16)10(7)12-14-11(15-18-12)9-6-19-5-4-17-9/h1-3,9,16H,4-6H2. The van der Waals surface area contributed by atoms with E-state index in [1.165, 1.54) is 18.2 Å². The van der Waals surface area contributed by atoms with Crippen molar-refractivity contribution in [2.45, 2.75) is 6.10 Å². The monoisotopic (exact) mass is 282 g/mol. The number of phenols is 1. The average Bonchev–Trinajstić information content (AvgIpc) is 2.89. The van der Waals surface area contributed by atoms with Crippen molar-refractivity contribution in [3.8, 4) is 17.2 Å². The fourth-order valence-electron chi connectivity index (χ4n) is 1.83. The third kappa shape index (κ3) is 2.43. The van der Waals surface area contributed by atoms with Crippen LogP contribution in [0.3, 0.4) is 0 Å². The Bertz CT molecular complexity index is 564. The van der Waals surface area contributed by atoms with Crippen LogP contribution >= 0.6 is 11.8 Å². The molecule has 1 aromatic heterocycles. The lowest BCUT2D eigenvalue weighted by atomic mass is 10.2.